The summed E-state index contributed by atoms with van der Waals surface area (Å²) in [6.07, 6.45) is 4.70. The van der Waals surface area contributed by atoms with Gasteiger partial charge in [-0.05, 0) is 41.0 Å². The number of nitrogens with one attached hydrogen (secondary N) is 2. The van der Waals surface area contributed by atoms with Crippen LogP contribution in [0.4, 0.5) is 4.79 Å². The topological polar surface area (TPSA) is 105 Å². The number of alkyl carbamates (subject to hydrolysis) is 1. The van der Waals surface area contributed by atoms with Crippen molar-refractivity contribution in [2.75, 3.05) is 19.7 Å². The maximum atomic E-state index is 12.3. The zero-order valence-corrected chi connectivity index (χ0v) is 19.5. The molecule has 0 spiro atoms. The molecule has 1 aliphatic rings. The minimum Gasteiger partial charge on any atom is -0.478 e. The van der Waals surface area contributed by atoms with Gasteiger partial charge in [-0.3, -0.25) is 4.79 Å². The number of ether oxygens (including phenoxy) is 1. The molecule has 2 amide bonds. The van der Waals surface area contributed by atoms with Gasteiger partial charge in [-0.1, -0.05) is 68.0 Å². The molecule has 3 N–H and O–H groups in total. The predicted molar refractivity (Wildman–Crippen MR) is 130 cm³/mol. The maximum Gasteiger partial charge on any atom is 0.407 e. The average Bonchev–Trinajstić information content (AvgIpc) is 3.16. The lowest BCUT2D eigenvalue weighted by Crippen LogP contribution is -2.28. The van der Waals surface area contributed by atoms with Crippen LogP contribution in [0.1, 0.15) is 49.7 Å². The Morgan fingerprint density at radius 1 is 1.00 bits per heavy atom. The molecule has 180 valence electrons. The summed E-state index contributed by atoms with van der Waals surface area (Å²) < 4.78 is 5.56. The normalized spacial score (nSPS) is 13.2. The molecule has 0 aromatic heterocycles. The van der Waals surface area contributed by atoms with Gasteiger partial charge in [0.05, 0.1) is 0 Å². The van der Waals surface area contributed by atoms with E-state index in [4.69, 9.17) is 9.84 Å². The van der Waals surface area contributed by atoms with Crippen molar-refractivity contribution in [2.45, 2.75) is 38.5 Å². The standard InChI is InChI=1S/C27H32N2O5/c1-2-19(13-14-25(30)28-16-7-12-26(31)32)15-17-29-27(33)34-18-24-22-10-5-3-8-20(22)21-9-4-6-11-23(21)24/h3-12,19,24H,2,13-18H2,1H3,(H,28,30)(H,29,33)(H,31,32)/b12-7+. The molecule has 0 saturated carbocycles. The fourth-order valence-electron chi connectivity index (χ4n) is 4.34. The quantitative estimate of drug-likeness (QED) is 0.402. The first-order valence-corrected chi connectivity index (χ1v) is 11.7. The van der Waals surface area contributed by atoms with Crippen LogP contribution in [0.2, 0.25) is 0 Å². The largest absolute Gasteiger partial charge is 0.478 e. The van der Waals surface area contributed by atoms with Crippen LogP contribution < -0.4 is 10.6 Å². The third-order valence-electron chi connectivity index (χ3n) is 6.20. The predicted octanol–water partition coefficient (Wildman–Crippen LogP) is 4.48. The van der Waals surface area contributed by atoms with Gasteiger partial charge in [0, 0.05) is 31.5 Å². The molecular formula is C27H32N2O5. The second-order valence-corrected chi connectivity index (χ2v) is 8.40. The second-order valence-electron chi connectivity index (χ2n) is 8.40. The Morgan fingerprint density at radius 2 is 1.65 bits per heavy atom. The van der Waals surface area contributed by atoms with Crippen molar-refractivity contribution in [1.82, 2.24) is 10.6 Å². The first-order valence-electron chi connectivity index (χ1n) is 11.7. The van der Waals surface area contributed by atoms with Gasteiger partial charge in [-0.15, -0.1) is 0 Å². The fourth-order valence-corrected chi connectivity index (χ4v) is 4.34. The second kappa shape index (κ2) is 12.6. The molecule has 7 heteroatoms. The first kappa shape index (κ1) is 25.0. The number of carbonyl (C=O) groups is 3. The molecule has 0 radical (unpaired) electrons. The molecule has 2 aromatic rings. The van der Waals surface area contributed by atoms with Crippen LogP contribution in [0.3, 0.4) is 0 Å². The molecule has 2 aromatic carbocycles. The number of aliphatic carboxylic acids is 1. The van der Waals surface area contributed by atoms with Gasteiger partial charge in [0.2, 0.25) is 5.91 Å². The third kappa shape index (κ3) is 6.94. The summed E-state index contributed by atoms with van der Waals surface area (Å²) >= 11 is 0. The fraction of sp³-hybridized carbons (Fsp3) is 0.370. The molecule has 34 heavy (non-hydrogen) atoms. The summed E-state index contributed by atoms with van der Waals surface area (Å²) in [6, 6.07) is 16.5. The Hall–Kier alpha value is -3.61. The summed E-state index contributed by atoms with van der Waals surface area (Å²) in [5.41, 5.74) is 4.75. The lowest BCUT2D eigenvalue weighted by atomic mass is 9.96. The van der Waals surface area contributed by atoms with Crippen LogP contribution in [0.15, 0.2) is 60.7 Å². The Labute approximate surface area is 200 Å². The van der Waals surface area contributed by atoms with E-state index >= 15 is 0 Å². The van der Waals surface area contributed by atoms with Gasteiger partial charge in [0.25, 0.3) is 0 Å². The van der Waals surface area contributed by atoms with Crippen molar-refractivity contribution < 1.29 is 24.2 Å². The van der Waals surface area contributed by atoms with E-state index in [1.165, 1.54) is 28.3 Å². The highest BCUT2D eigenvalue weighted by Crippen LogP contribution is 2.44. The minimum absolute atomic E-state index is 0.0328. The van der Waals surface area contributed by atoms with Gasteiger partial charge in [0.15, 0.2) is 0 Å². The summed E-state index contributed by atoms with van der Waals surface area (Å²) in [7, 11) is 0. The van der Waals surface area contributed by atoms with Crippen LogP contribution in [-0.2, 0) is 14.3 Å². The number of fused-ring (bicyclic) bond motifs is 3. The zero-order chi connectivity index (χ0) is 24.3. The van der Waals surface area contributed by atoms with Crippen LogP contribution in [0.5, 0.6) is 0 Å². The molecule has 0 bridgehead atoms. The van der Waals surface area contributed by atoms with Crippen LogP contribution >= 0.6 is 0 Å². The average molecular weight is 465 g/mol. The third-order valence-corrected chi connectivity index (χ3v) is 6.20. The molecule has 0 heterocycles. The molecular weight excluding hydrogens is 432 g/mol. The van der Waals surface area contributed by atoms with Gasteiger partial charge in [0.1, 0.15) is 6.61 Å². The number of benzene rings is 2. The summed E-state index contributed by atoms with van der Waals surface area (Å²) in [4.78, 5) is 34.6. The first-order chi connectivity index (χ1) is 16.5. The highest BCUT2D eigenvalue weighted by atomic mass is 16.5. The highest BCUT2D eigenvalue weighted by molar-refractivity contribution is 5.80. The van der Waals surface area contributed by atoms with E-state index in [1.54, 1.807) is 0 Å². The molecule has 7 nitrogen and oxygen atoms in total. The summed E-state index contributed by atoms with van der Waals surface area (Å²) in [5.74, 6) is -0.818. The zero-order valence-electron chi connectivity index (χ0n) is 19.5. The molecule has 3 rings (SSSR count). The highest BCUT2D eigenvalue weighted by Gasteiger charge is 2.28. The van der Waals surface area contributed by atoms with Gasteiger partial charge < -0.3 is 20.5 Å². The van der Waals surface area contributed by atoms with Gasteiger partial charge >= 0.3 is 12.1 Å². The number of carboxylic acid groups (broad SMARTS) is 1. The van der Waals surface area contributed by atoms with E-state index in [1.807, 2.05) is 24.3 Å². The Balaban J connectivity index is 1.38. The SMILES string of the molecule is CCC(CCNC(=O)OCC1c2ccccc2-c2ccccc21)CCC(=O)NC/C=C/C(=O)O. The molecule has 0 saturated heterocycles. The monoisotopic (exact) mass is 464 g/mol. The molecule has 1 atom stereocenters. The van der Waals surface area contributed by atoms with E-state index < -0.39 is 12.1 Å². The van der Waals surface area contributed by atoms with Gasteiger partial charge in [-0.25, -0.2) is 9.59 Å². The summed E-state index contributed by atoms with van der Waals surface area (Å²) in [6.45, 7) is 3.03. The summed E-state index contributed by atoms with van der Waals surface area (Å²) in [5, 5.41) is 14.0. The lowest BCUT2D eigenvalue weighted by molar-refractivity contribution is -0.131. The Bertz CT molecular complexity index is 988. The van der Waals surface area contributed by atoms with Crippen LogP contribution in [0, 0.1) is 5.92 Å². The van der Waals surface area contributed by atoms with Crippen molar-refractivity contribution in [3.8, 4) is 11.1 Å². The van der Waals surface area contributed by atoms with E-state index in [9.17, 15) is 14.4 Å². The van der Waals surface area contributed by atoms with Gasteiger partial charge in [-0.2, -0.15) is 0 Å². The van der Waals surface area contributed by atoms with Crippen molar-refractivity contribution in [2.24, 2.45) is 5.92 Å². The number of carboxylic acids is 1. The Morgan fingerprint density at radius 3 is 2.26 bits per heavy atom. The number of carbonyl (C=O) groups excluding carboxylic acids is 2. The Kier molecular flexibility index (Phi) is 9.26. The van der Waals surface area contributed by atoms with Crippen molar-refractivity contribution >= 4 is 18.0 Å². The molecule has 0 aliphatic heterocycles. The van der Waals surface area contributed by atoms with Crippen LogP contribution in [0.25, 0.3) is 11.1 Å². The number of hydrogen-bond donors (Lipinski definition) is 3. The molecule has 1 aliphatic carbocycles. The van der Waals surface area contributed by atoms with Crippen LogP contribution in [-0.4, -0.2) is 42.8 Å². The smallest absolute Gasteiger partial charge is 0.407 e. The van der Waals surface area contributed by atoms with Crippen molar-refractivity contribution in [3.05, 3.63) is 71.8 Å². The maximum absolute atomic E-state index is 12.3. The van der Waals surface area contributed by atoms with Crippen molar-refractivity contribution in [1.29, 1.82) is 0 Å². The van der Waals surface area contributed by atoms with E-state index in [0.717, 1.165) is 18.9 Å². The number of rotatable bonds is 12. The molecule has 1 unspecified atom stereocenters. The lowest BCUT2D eigenvalue weighted by Gasteiger charge is -2.16. The minimum atomic E-state index is -1.04. The van der Waals surface area contributed by atoms with E-state index in [-0.39, 0.29) is 25.0 Å². The van der Waals surface area contributed by atoms with Crippen molar-refractivity contribution in [3.63, 3.8) is 0 Å². The van der Waals surface area contributed by atoms with E-state index in [2.05, 4.69) is 41.8 Å². The van der Waals surface area contributed by atoms with E-state index in [0.29, 0.717) is 25.3 Å². The number of amides is 2. The molecule has 0 fully saturated rings. The number of hydrogen-bond acceptors (Lipinski definition) is 4.